The van der Waals surface area contributed by atoms with Crippen molar-refractivity contribution < 1.29 is 8.42 Å². The molecule has 13 heavy (non-hydrogen) atoms. The van der Waals surface area contributed by atoms with Crippen molar-refractivity contribution in [2.75, 3.05) is 0 Å². The van der Waals surface area contributed by atoms with Crippen LogP contribution in [-0.4, -0.2) is 8.42 Å². The second kappa shape index (κ2) is 4.44. The number of alkyl halides is 1. The van der Waals surface area contributed by atoms with Crippen molar-refractivity contribution in [3.8, 4) is 0 Å². The van der Waals surface area contributed by atoms with Crippen molar-refractivity contribution in [3.63, 3.8) is 0 Å². The molecule has 1 aromatic carbocycles. The van der Waals surface area contributed by atoms with Gasteiger partial charge in [-0.2, -0.15) is 0 Å². The van der Waals surface area contributed by atoms with E-state index in [0.29, 0.717) is 5.56 Å². The first-order chi connectivity index (χ1) is 6.01. The molecule has 0 aliphatic rings. The lowest BCUT2D eigenvalue weighted by Crippen LogP contribution is -1.94. The van der Waals surface area contributed by atoms with E-state index in [-0.39, 0.29) is 5.75 Å². The maximum atomic E-state index is 10.7. The van der Waals surface area contributed by atoms with Crippen LogP contribution in [0.15, 0.2) is 24.3 Å². The molecule has 0 aliphatic carbocycles. The Labute approximate surface area is 90.5 Å². The van der Waals surface area contributed by atoms with Crippen molar-refractivity contribution >= 4 is 35.7 Å². The number of hydrogen-bond acceptors (Lipinski definition) is 2. The molecule has 0 aliphatic heterocycles. The molecule has 0 aromatic heterocycles. The highest BCUT2D eigenvalue weighted by atomic mass is 79.9. The predicted molar refractivity (Wildman–Crippen MR) is 57.5 cm³/mol. The van der Waals surface area contributed by atoms with E-state index in [0.717, 1.165) is 10.9 Å². The smallest absolute Gasteiger partial charge is 0.212 e. The molecule has 1 rings (SSSR count). The SMILES string of the molecule is O=S(=O)(Cl)Cc1ccc(CBr)cc1. The average molecular weight is 284 g/mol. The van der Waals surface area contributed by atoms with Crippen LogP contribution in [0.2, 0.25) is 0 Å². The minimum Gasteiger partial charge on any atom is -0.212 e. The zero-order valence-electron chi connectivity index (χ0n) is 6.70. The molecule has 0 amide bonds. The van der Waals surface area contributed by atoms with Crippen LogP contribution < -0.4 is 0 Å². The van der Waals surface area contributed by atoms with Crippen molar-refractivity contribution in [1.29, 1.82) is 0 Å². The molecule has 0 spiro atoms. The maximum Gasteiger partial charge on any atom is 0.236 e. The Kier molecular flexibility index (Phi) is 3.76. The minimum absolute atomic E-state index is 0.114. The first-order valence-electron chi connectivity index (χ1n) is 3.57. The van der Waals surface area contributed by atoms with Gasteiger partial charge in [-0.25, -0.2) is 8.42 Å². The summed E-state index contributed by atoms with van der Waals surface area (Å²) in [6, 6.07) is 7.26. The highest BCUT2D eigenvalue weighted by molar-refractivity contribution is 9.08. The third-order valence-corrected chi connectivity index (χ3v) is 3.17. The van der Waals surface area contributed by atoms with Crippen molar-refractivity contribution in [3.05, 3.63) is 35.4 Å². The van der Waals surface area contributed by atoms with Gasteiger partial charge in [0, 0.05) is 16.0 Å². The molecule has 0 atom stereocenters. The molecule has 0 unspecified atom stereocenters. The predicted octanol–water partition coefficient (Wildman–Crippen LogP) is 2.65. The number of halogens is 2. The quantitative estimate of drug-likeness (QED) is 0.631. The minimum atomic E-state index is -3.44. The zero-order valence-corrected chi connectivity index (χ0v) is 9.86. The lowest BCUT2D eigenvalue weighted by Gasteiger charge is -1.99. The summed E-state index contributed by atoms with van der Waals surface area (Å²) in [4.78, 5) is 0. The summed E-state index contributed by atoms with van der Waals surface area (Å²) in [6.45, 7) is 0. The van der Waals surface area contributed by atoms with Gasteiger partial charge in [-0.05, 0) is 11.1 Å². The summed E-state index contributed by atoms with van der Waals surface area (Å²) < 4.78 is 21.4. The standard InChI is InChI=1S/C8H8BrClO2S/c9-5-7-1-3-8(4-2-7)6-13(10,11)12/h1-4H,5-6H2. The first-order valence-corrected chi connectivity index (χ1v) is 7.17. The van der Waals surface area contributed by atoms with Crippen LogP contribution in [0.5, 0.6) is 0 Å². The van der Waals surface area contributed by atoms with Crippen LogP contribution in [0.3, 0.4) is 0 Å². The molecule has 5 heteroatoms. The molecule has 0 N–H and O–H groups in total. The number of benzene rings is 1. The third kappa shape index (κ3) is 4.11. The summed E-state index contributed by atoms with van der Waals surface area (Å²) in [5.41, 5.74) is 1.82. The van der Waals surface area contributed by atoms with E-state index in [9.17, 15) is 8.42 Å². The topological polar surface area (TPSA) is 34.1 Å². The molecule has 0 heterocycles. The summed E-state index contributed by atoms with van der Waals surface area (Å²) in [6.07, 6.45) is 0. The fourth-order valence-electron chi connectivity index (χ4n) is 0.924. The van der Waals surface area contributed by atoms with Gasteiger partial charge in [0.1, 0.15) is 0 Å². The molecule has 2 nitrogen and oxygen atoms in total. The third-order valence-electron chi connectivity index (χ3n) is 1.52. The van der Waals surface area contributed by atoms with Gasteiger partial charge in [0.15, 0.2) is 0 Å². The van der Waals surface area contributed by atoms with Crippen LogP contribution >= 0.6 is 26.6 Å². The Morgan fingerprint density at radius 1 is 1.15 bits per heavy atom. The molecule has 1 aromatic rings. The van der Waals surface area contributed by atoms with E-state index in [2.05, 4.69) is 15.9 Å². The van der Waals surface area contributed by atoms with E-state index < -0.39 is 9.05 Å². The van der Waals surface area contributed by atoms with Crippen LogP contribution in [0.1, 0.15) is 11.1 Å². The molecule has 0 radical (unpaired) electrons. The van der Waals surface area contributed by atoms with E-state index in [1.165, 1.54) is 0 Å². The first kappa shape index (κ1) is 11.0. The highest BCUT2D eigenvalue weighted by Crippen LogP contribution is 2.12. The van der Waals surface area contributed by atoms with Gasteiger partial charge >= 0.3 is 0 Å². The Bertz CT molecular complexity index is 372. The van der Waals surface area contributed by atoms with Gasteiger partial charge in [0.05, 0.1) is 5.75 Å². The van der Waals surface area contributed by atoms with Gasteiger partial charge in [-0.15, -0.1) is 0 Å². The zero-order chi connectivity index (χ0) is 9.90. The second-order valence-corrected chi connectivity index (χ2v) is 5.97. The lowest BCUT2D eigenvalue weighted by atomic mass is 10.2. The number of hydrogen-bond donors (Lipinski definition) is 0. The van der Waals surface area contributed by atoms with Gasteiger partial charge in [0.25, 0.3) is 0 Å². The fourth-order valence-corrected chi connectivity index (χ4v) is 2.27. The van der Waals surface area contributed by atoms with Crippen LogP contribution in [0.25, 0.3) is 0 Å². The Morgan fingerprint density at radius 3 is 2.00 bits per heavy atom. The maximum absolute atomic E-state index is 10.7. The average Bonchev–Trinajstić information content (AvgIpc) is 2.03. The van der Waals surface area contributed by atoms with Crippen molar-refractivity contribution in [1.82, 2.24) is 0 Å². The van der Waals surface area contributed by atoms with Crippen molar-refractivity contribution in [2.45, 2.75) is 11.1 Å². The Hall–Kier alpha value is -0.0600. The van der Waals surface area contributed by atoms with Crippen LogP contribution in [0.4, 0.5) is 0 Å². The normalized spacial score (nSPS) is 11.5. The van der Waals surface area contributed by atoms with Gasteiger partial charge < -0.3 is 0 Å². The highest BCUT2D eigenvalue weighted by Gasteiger charge is 2.06. The molecule has 72 valence electrons. The number of rotatable bonds is 3. The summed E-state index contributed by atoms with van der Waals surface area (Å²) in [5.74, 6) is -0.114. The van der Waals surface area contributed by atoms with Gasteiger partial charge in [-0.1, -0.05) is 40.2 Å². The summed E-state index contributed by atoms with van der Waals surface area (Å²) in [7, 11) is 1.67. The monoisotopic (exact) mass is 282 g/mol. The van der Waals surface area contributed by atoms with Crippen LogP contribution in [0, 0.1) is 0 Å². The lowest BCUT2D eigenvalue weighted by molar-refractivity contribution is 0.609. The van der Waals surface area contributed by atoms with Gasteiger partial charge in [-0.3, -0.25) is 0 Å². The van der Waals surface area contributed by atoms with E-state index >= 15 is 0 Å². The molecular formula is C8H8BrClO2S. The van der Waals surface area contributed by atoms with E-state index in [4.69, 9.17) is 10.7 Å². The molecule has 0 saturated heterocycles. The molecule has 0 saturated carbocycles. The van der Waals surface area contributed by atoms with Crippen molar-refractivity contribution in [2.24, 2.45) is 0 Å². The fraction of sp³-hybridized carbons (Fsp3) is 0.250. The summed E-state index contributed by atoms with van der Waals surface area (Å²) >= 11 is 3.30. The Balaban J connectivity index is 2.81. The van der Waals surface area contributed by atoms with E-state index in [1.807, 2.05) is 12.1 Å². The summed E-state index contributed by atoms with van der Waals surface area (Å²) in [5, 5.41) is 0.765. The molecule has 0 fully saturated rings. The second-order valence-electron chi connectivity index (χ2n) is 2.63. The Morgan fingerprint density at radius 2 is 1.62 bits per heavy atom. The molecule has 0 bridgehead atoms. The molecular weight excluding hydrogens is 276 g/mol. The van der Waals surface area contributed by atoms with Crippen LogP contribution in [-0.2, 0) is 20.1 Å². The largest absolute Gasteiger partial charge is 0.236 e. The van der Waals surface area contributed by atoms with E-state index in [1.54, 1.807) is 12.1 Å². The van der Waals surface area contributed by atoms with Gasteiger partial charge in [0.2, 0.25) is 9.05 Å².